The number of nitrogens with zero attached hydrogens (tertiary/aromatic N) is 1. The minimum Gasteiger partial charge on any atom is -0.481 e. The molecule has 1 saturated carbocycles. The van der Waals surface area contributed by atoms with Gasteiger partial charge in [-0.3, -0.25) is 9.59 Å². The van der Waals surface area contributed by atoms with E-state index in [1.54, 1.807) is 16.2 Å². The van der Waals surface area contributed by atoms with Crippen molar-refractivity contribution in [2.75, 3.05) is 13.1 Å². The lowest BCUT2D eigenvalue weighted by molar-refractivity contribution is -0.167. The molecular formula is C18H25NO4S. The summed E-state index contributed by atoms with van der Waals surface area (Å²) < 4.78 is 0. The average molecular weight is 351 g/mol. The van der Waals surface area contributed by atoms with Crippen LogP contribution in [-0.2, 0) is 16.0 Å². The Hall–Kier alpha value is -1.40. The van der Waals surface area contributed by atoms with Crippen molar-refractivity contribution in [2.24, 2.45) is 11.3 Å². The number of piperidine rings is 1. The SMILES string of the molecule is O=C(CCCc1cccs1)N1CC[C@@H](O)[C@](CC2CC2)(C(=O)O)C1. The number of amides is 1. The van der Waals surface area contributed by atoms with Gasteiger partial charge in [0.1, 0.15) is 5.41 Å². The molecule has 2 aliphatic rings. The van der Waals surface area contributed by atoms with E-state index in [0.29, 0.717) is 31.7 Å². The molecule has 0 radical (unpaired) electrons. The number of hydrogen-bond acceptors (Lipinski definition) is 4. The number of carbonyl (C=O) groups excluding carboxylic acids is 1. The number of aliphatic hydroxyl groups is 1. The molecule has 2 fully saturated rings. The lowest BCUT2D eigenvalue weighted by Crippen LogP contribution is -2.57. The van der Waals surface area contributed by atoms with E-state index in [4.69, 9.17) is 0 Å². The Morgan fingerprint density at radius 3 is 2.75 bits per heavy atom. The first kappa shape index (κ1) is 17.4. The summed E-state index contributed by atoms with van der Waals surface area (Å²) >= 11 is 1.69. The number of carbonyl (C=O) groups is 2. The van der Waals surface area contributed by atoms with Crippen LogP contribution in [0.4, 0.5) is 0 Å². The number of aliphatic carboxylic acids is 1. The first-order chi connectivity index (χ1) is 11.5. The van der Waals surface area contributed by atoms with Crippen LogP contribution < -0.4 is 0 Å². The van der Waals surface area contributed by atoms with E-state index < -0.39 is 17.5 Å². The average Bonchev–Trinajstić information content (AvgIpc) is 3.21. The van der Waals surface area contributed by atoms with Gasteiger partial charge in [0.05, 0.1) is 6.10 Å². The monoisotopic (exact) mass is 351 g/mol. The molecule has 5 nitrogen and oxygen atoms in total. The number of aryl methyl sites for hydroxylation is 1. The summed E-state index contributed by atoms with van der Waals surface area (Å²) in [4.78, 5) is 27.3. The van der Waals surface area contributed by atoms with Crippen LogP contribution in [0.2, 0.25) is 0 Å². The molecular weight excluding hydrogens is 326 g/mol. The highest BCUT2D eigenvalue weighted by atomic mass is 32.1. The summed E-state index contributed by atoms with van der Waals surface area (Å²) in [5, 5.41) is 22.1. The Morgan fingerprint density at radius 2 is 2.12 bits per heavy atom. The second-order valence-corrected chi connectivity index (χ2v) is 8.19. The minimum atomic E-state index is -1.18. The first-order valence-corrected chi connectivity index (χ1v) is 9.61. The minimum absolute atomic E-state index is 0.0138. The zero-order chi connectivity index (χ0) is 17.2. The summed E-state index contributed by atoms with van der Waals surface area (Å²) in [7, 11) is 0. The van der Waals surface area contributed by atoms with Crippen LogP contribution in [-0.4, -0.2) is 46.2 Å². The molecule has 132 valence electrons. The molecule has 2 N–H and O–H groups in total. The van der Waals surface area contributed by atoms with Gasteiger partial charge in [0.25, 0.3) is 0 Å². The number of likely N-dealkylation sites (tertiary alicyclic amines) is 1. The van der Waals surface area contributed by atoms with Crippen LogP contribution in [0.5, 0.6) is 0 Å². The van der Waals surface area contributed by atoms with Crippen molar-refractivity contribution in [1.29, 1.82) is 0 Å². The van der Waals surface area contributed by atoms with Gasteiger partial charge in [-0.15, -0.1) is 11.3 Å². The highest BCUT2D eigenvalue weighted by Gasteiger charge is 2.52. The molecule has 2 atom stereocenters. The Bertz CT molecular complexity index is 584. The van der Waals surface area contributed by atoms with Crippen LogP contribution in [0.3, 0.4) is 0 Å². The molecule has 0 spiro atoms. The molecule has 0 unspecified atom stereocenters. The Kier molecular flexibility index (Phi) is 5.25. The van der Waals surface area contributed by atoms with Crippen molar-refractivity contribution in [1.82, 2.24) is 4.90 Å². The summed E-state index contributed by atoms with van der Waals surface area (Å²) in [5.74, 6) is -0.553. The molecule has 1 amide bonds. The van der Waals surface area contributed by atoms with E-state index >= 15 is 0 Å². The predicted octanol–water partition coefficient (Wildman–Crippen LogP) is 2.54. The molecule has 1 aromatic rings. The number of carboxylic acids is 1. The Balaban J connectivity index is 1.58. The van der Waals surface area contributed by atoms with Crippen LogP contribution >= 0.6 is 11.3 Å². The van der Waals surface area contributed by atoms with Gasteiger partial charge < -0.3 is 15.1 Å². The molecule has 1 aromatic heterocycles. The quantitative estimate of drug-likeness (QED) is 0.791. The van der Waals surface area contributed by atoms with Crippen molar-refractivity contribution >= 4 is 23.2 Å². The van der Waals surface area contributed by atoms with Gasteiger partial charge in [0.2, 0.25) is 5.91 Å². The van der Waals surface area contributed by atoms with E-state index in [-0.39, 0.29) is 12.5 Å². The lowest BCUT2D eigenvalue weighted by atomic mass is 9.73. The van der Waals surface area contributed by atoms with Crippen LogP contribution in [0.25, 0.3) is 0 Å². The molecule has 0 bridgehead atoms. The third-order valence-corrected chi connectivity index (χ3v) is 6.24. The third kappa shape index (κ3) is 3.81. The number of carboxylic acid groups (broad SMARTS) is 1. The maximum absolute atomic E-state index is 12.5. The standard InChI is InChI=1S/C18H25NO4S/c20-15-8-9-19(12-18(15,17(22)23)11-13-6-7-13)16(21)5-1-3-14-4-2-10-24-14/h2,4,10,13,15,20H,1,3,5-9,11-12H2,(H,22,23)/t15-,18-/m1/s1. The first-order valence-electron chi connectivity index (χ1n) is 8.73. The van der Waals surface area contributed by atoms with Crippen LogP contribution in [0, 0.1) is 11.3 Å². The van der Waals surface area contributed by atoms with E-state index in [1.807, 2.05) is 11.4 Å². The largest absolute Gasteiger partial charge is 0.481 e. The molecule has 24 heavy (non-hydrogen) atoms. The summed E-state index contributed by atoms with van der Waals surface area (Å²) in [6, 6.07) is 4.07. The van der Waals surface area contributed by atoms with Gasteiger partial charge in [0.15, 0.2) is 0 Å². The Morgan fingerprint density at radius 1 is 1.33 bits per heavy atom. The lowest BCUT2D eigenvalue weighted by Gasteiger charge is -2.43. The summed E-state index contributed by atoms with van der Waals surface area (Å²) in [6.07, 6.45) is 4.16. The van der Waals surface area contributed by atoms with Gasteiger partial charge in [-0.2, -0.15) is 0 Å². The van der Waals surface area contributed by atoms with E-state index in [1.165, 1.54) is 4.88 Å². The van der Waals surface area contributed by atoms with Crippen molar-refractivity contribution in [3.05, 3.63) is 22.4 Å². The fourth-order valence-corrected chi connectivity index (χ4v) is 4.41. The second kappa shape index (κ2) is 7.23. The maximum Gasteiger partial charge on any atom is 0.314 e. The second-order valence-electron chi connectivity index (χ2n) is 7.16. The van der Waals surface area contributed by atoms with Crippen molar-refractivity contribution in [3.63, 3.8) is 0 Å². The fourth-order valence-electron chi connectivity index (χ4n) is 3.65. The summed E-state index contributed by atoms with van der Waals surface area (Å²) in [6.45, 7) is 0.608. The van der Waals surface area contributed by atoms with Gasteiger partial charge in [-0.25, -0.2) is 0 Å². The Labute approximate surface area is 146 Å². The van der Waals surface area contributed by atoms with Crippen molar-refractivity contribution in [3.8, 4) is 0 Å². The molecule has 1 aliphatic carbocycles. The topological polar surface area (TPSA) is 77.8 Å². The van der Waals surface area contributed by atoms with Gasteiger partial charge in [-0.1, -0.05) is 18.9 Å². The normalized spacial score (nSPS) is 27.2. The van der Waals surface area contributed by atoms with Crippen LogP contribution in [0.15, 0.2) is 17.5 Å². The number of rotatable bonds is 7. The van der Waals surface area contributed by atoms with E-state index in [9.17, 15) is 19.8 Å². The van der Waals surface area contributed by atoms with Gasteiger partial charge >= 0.3 is 5.97 Å². The zero-order valence-electron chi connectivity index (χ0n) is 13.8. The number of hydrogen-bond donors (Lipinski definition) is 2. The predicted molar refractivity (Wildman–Crippen MR) is 91.9 cm³/mol. The van der Waals surface area contributed by atoms with Crippen molar-refractivity contribution < 1.29 is 19.8 Å². The third-order valence-electron chi connectivity index (χ3n) is 5.31. The van der Waals surface area contributed by atoms with E-state index in [0.717, 1.165) is 25.7 Å². The van der Waals surface area contributed by atoms with Crippen molar-refractivity contribution in [2.45, 2.75) is 51.0 Å². The fraction of sp³-hybridized carbons (Fsp3) is 0.667. The number of aliphatic hydroxyl groups excluding tert-OH is 1. The molecule has 3 rings (SSSR count). The zero-order valence-corrected chi connectivity index (χ0v) is 14.6. The molecule has 2 heterocycles. The maximum atomic E-state index is 12.5. The molecule has 0 aromatic carbocycles. The highest BCUT2D eigenvalue weighted by Crippen LogP contribution is 2.45. The van der Waals surface area contributed by atoms with Crippen LogP contribution in [0.1, 0.15) is 43.4 Å². The van der Waals surface area contributed by atoms with Gasteiger partial charge in [0, 0.05) is 24.4 Å². The van der Waals surface area contributed by atoms with Gasteiger partial charge in [-0.05, 0) is 43.0 Å². The number of thiophene rings is 1. The smallest absolute Gasteiger partial charge is 0.314 e. The highest BCUT2D eigenvalue weighted by molar-refractivity contribution is 7.09. The molecule has 6 heteroatoms. The molecule has 1 aliphatic heterocycles. The summed E-state index contributed by atoms with van der Waals surface area (Å²) in [5.41, 5.74) is -1.18. The van der Waals surface area contributed by atoms with E-state index in [2.05, 4.69) is 6.07 Å². The molecule has 1 saturated heterocycles.